The molecule has 1 saturated heterocycles. The first-order valence-corrected chi connectivity index (χ1v) is 13.9. The maximum Gasteiger partial charge on any atom is 0.223 e. The standard InChI is InChI=1S/C31H29FN4OS/c32-27-14-8-7-13-26(27)28-21-36-25(22-38-31(36)33-28)15-16-29(37)34-17-19-35(20-18-34)30(23-9-3-1-4-10-23)24-11-5-2-6-12-24/h1-14,21-22,30H,15-20H2. The number of fused-ring (bicyclic) bond motifs is 1. The minimum absolute atomic E-state index is 0.175. The molecule has 38 heavy (non-hydrogen) atoms. The van der Waals surface area contributed by atoms with E-state index in [0.717, 1.165) is 36.8 Å². The number of hydrogen-bond donors (Lipinski definition) is 0. The minimum atomic E-state index is -0.282. The molecular weight excluding hydrogens is 495 g/mol. The molecule has 0 saturated carbocycles. The van der Waals surface area contributed by atoms with E-state index < -0.39 is 0 Å². The Bertz CT molecular complexity index is 1480. The van der Waals surface area contributed by atoms with Gasteiger partial charge in [0.1, 0.15) is 5.82 Å². The number of piperazine rings is 1. The molecule has 0 N–H and O–H groups in total. The number of carbonyl (C=O) groups excluding carboxylic acids is 1. The molecule has 5 aromatic rings. The molecule has 0 radical (unpaired) electrons. The van der Waals surface area contributed by atoms with E-state index in [9.17, 15) is 9.18 Å². The molecule has 2 aromatic heterocycles. The Morgan fingerprint density at radius 2 is 1.50 bits per heavy atom. The lowest BCUT2D eigenvalue weighted by Gasteiger charge is -2.40. The summed E-state index contributed by atoms with van der Waals surface area (Å²) in [5.41, 5.74) is 4.68. The van der Waals surface area contributed by atoms with Crippen LogP contribution < -0.4 is 0 Å². The molecule has 1 amide bonds. The molecule has 0 spiro atoms. The summed E-state index contributed by atoms with van der Waals surface area (Å²) in [7, 11) is 0. The van der Waals surface area contributed by atoms with Gasteiger partial charge in [0.25, 0.3) is 0 Å². The molecule has 1 fully saturated rings. The van der Waals surface area contributed by atoms with Gasteiger partial charge in [0, 0.05) is 55.4 Å². The van der Waals surface area contributed by atoms with Crippen LogP contribution in [0, 0.1) is 5.82 Å². The molecule has 0 atom stereocenters. The number of benzene rings is 3. The maximum atomic E-state index is 14.2. The van der Waals surface area contributed by atoms with Crippen molar-refractivity contribution in [2.45, 2.75) is 18.9 Å². The predicted octanol–water partition coefficient (Wildman–Crippen LogP) is 6.07. The third-order valence-electron chi connectivity index (χ3n) is 7.29. The van der Waals surface area contributed by atoms with Gasteiger partial charge in [-0.3, -0.25) is 14.1 Å². The van der Waals surface area contributed by atoms with Crippen LogP contribution in [0.4, 0.5) is 4.39 Å². The number of aryl methyl sites for hydroxylation is 1. The summed E-state index contributed by atoms with van der Waals surface area (Å²) in [5, 5.41) is 2.04. The van der Waals surface area contributed by atoms with Crippen LogP contribution in [-0.2, 0) is 11.2 Å². The Morgan fingerprint density at radius 1 is 0.868 bits per heavy atom. The summed E-state index contributed by atoms with van der Waals surface area (Å²) >= 11 is 1.52. The monoisotopic (exact) mass is 524 g/mol. The van der Waals surface area contributed by atoms with Crippen LogP contribution in [0.3, 0.4) is 0 Å². The van der Waals surface area contributed by atoms with Crippen molar-refractivity contribution in [2.75, 3.05) is 26.2 Å². The molecule has 1 aliphatic heterocycles. The zero-order chi connectivity index (χ0) is 25.9. The maximum absolute atomic E-state index is 14.2. The van der Waals surface area contributed by atoms with Gasteiger partial charge in [-0.05, 0) is 29.7 Å². The van der Waals surface area contributed by atoms with Crippen LogP contribution >= 0.6 is 11.3 Å². The SMILES string of the molecule is O=C(CCc1csc2nc(-c3ccccc3F)cn12)N1CCN(C(c2ccccc2)c2ccccc2)CC1. The van der Waals surface area contributed by atoms with Gasteiger partial charge in [-0.2, -0.15) is 0 Å². The average Bonchev–Trinajstić information content (AvgIpc) is 3.55. The summed E-state index contributed by atoms with van der Waals surface area (Å²) in [6.45, 7) is 3.10. The first-order chi connectivity index (χ1) is 18.7. The molecule has 1 aliphatic rings. The lowest BCUT2D eigenvalue weighted by Crippen LogP contribution is -2.49. The molecule has 192 valence electrons. The summed E-state index contributed by atoms with van der Waals surface area (Å²) < 4.78 is 16.2. The highest BCUT2D eigenvalue weighted by Crippen LogP contribution is 2.30. The number of thiazole rings is 1. The van der Waals surface area contributed by atoms with Crippen molar-refractivity contribution in [3.05, 3.63) is 119 Å². The Kier molecular flexibility index (Phi) is 7.03. The van der Waals surface area contributed by atoms with Crippen molar-refractivity contribution in [3.8, 4) is 11.3 Å². The van der Waals surface area contributed by atoms with E-state index >= 15 is 0 Å². The van der Waals surface area contributed by atoms with Crippen LogP contribution in [0.1, 0.15) is 29.3 Å². The number of halogens is 1. The predicted molar refractivity (Wildman–Crippen MR) is 150 cm³/mol. The fraction of sp³-hybridized carbons (Fsp3) is 0.226. The number of aromatic nitrogens is 2. The Hall–Kier alpha value is -3.81. The van der Waals surface area contributed by atoms with E-state index in [0.29, 0.717) is 24.1 Å². The second-order valence-corrected chi connectivity index (χ2v) is 10.5. The molecule has 5 nitrogen and oxygen atoms in total. The summed E-state index contributed by atoms with van der Waals surface area (Å²) in [6.07, 6.45) is 2.94. The van der Waals surface area contributed by atoms with Crippen molar-refractivity contribution in [1.29, 1.82) is 0 Å². The van der Waals surface area contributed by atoms with Gasteiger partial charge in [-0.15, -0.1) is 11.3 Å². The highest BCUT2D eigenvalue weighted by Gasteiger charge is 2.28. The largest absolute Gasteiger partial charge is 0.340 e. The minimum Gasteiger partial charge on any atom is -0.340 e. The van der Waals surface area contributed by atoms with Crippen molar-refractivity contribution < 1.29 is 9.18 Å². The quantitative estimate of drug-likeness (QED) is 0.260. The van der Waals surface area contributed by atoms with Crippen molar-refractivity contribution in [1.82, 2.24) is 19.2 Å². The summed E-state index contributed by atoms with van der Waals surface area (Å²) in [5.74, 6) is -0.106. The Labute approximate surface area is 225 Å². The van der Waals surface area contributed by atoms with Gasteiger partial charge >= 0.3 is 0 Å². The summed E-state index contributed by atoms with van der Waals surface area (Å²) in [4.78, 5) is 23.0. The van der Waals surface area contributed by atoms with E-state index in [1.807, 2.05) is 39.1 Å². The van der Waals surface area contributed by atoms with Crippen molar-refractivity contribution >= 4 is 22.2 Å². The van der Waals surface area contributed by atoms with E-state index in [-0.39, 0.29) is 17.8 Å². The number of imidazole rings is 1. The number of carbonyl (C=O) groups is 1. The van der Waals surface area contributed by atoms with E-state index in [1.165, 1.54) is 28.5 Å². The third kappa shape index (κ3) is 4.99. The molecule has 3 aromatic carbocycles. The third-order valence-corrected chi connectivity index (χ3v) is 8.18. The van der Waals surface area contributed by atoms with Gasteiger partial charge in [0.15, 0.2) is 4.96 Å². The average molecular weight is 525 g/mol. The van der Waals surface area contributed by atoms with Gasteiger partial charge in [0.05, 0.1) is 11.7 Å². The highest BCUT2D eigenvalue weighted by molar-refractivity contribution is 7.15. The number of hydrogen-bond acceptors (Lipinski definition) is 4. The van der Waals surface area contributed by atoms with Crippen LogP contribution in [-0.4, -0.2) is 51.3 Å². The fourth-order valence-electron chi connectivity index (χ4n) is 5.32. The smallest absolute Gasteiger partial charge is 0.223 e. The topological polar surface area (TPSA) is 40.9 Å². The van der Waals surface area contributed by atoms with Crippen molar-refractivity contribution in [3.63, 3.8) is 0 Å². The van der Waals surface area contributed by atoms with Gasteiger partial charge in [-0.25, -0.2) is 9.37 Å². The number of amides is 1. The lowest BCUT2D eigenvalue weighted by atomic mass is 9.96. The van der Waals surface area contributed by atoms with Gasteiger partial charge in [-0.1, -0.05) is 72.8 Å². The first-order valence-electron chi connectivity index (χ1n) is 13.0. The van der Waals surface area contributed by atoms with Gasteiger partial charge < -0.3 is 4.90 Å². The van der Waals surface area contributed by atoms with E-state index in [4.69, 9.17) is 0 Å². The molecule has 3 heterocycles. The molecule has 0 unspecified atom stereocenters. The van der Waals surface area contributed by atoms with Crippen LogP contribution in [0.5, 0.6) is 0 Å². The van der Waals surface area contributed by atoms with Crippen LogP contribution in [0.15, 0.2) is 96.5 Å². The zero-order valence-electron chi connectivity index (χ0n) is 21.0. The van der Waals surface area contributed by atoms with E-state index in [1.54, 1.807) is 12.1 Å². The lowest BCUT2D eigenvalue weighted by molar-refractivity contribution is -0.133. The zero-order valence-corrected chi connectivity index (χ0v) is 21.9. The number of nitrogens with zero attached hydrogens (tertiary/aromatic N) is 4. The number of rotatable bonds is 7. The van der Waals surface area contributed by atoms with Crippen LogP contribution in [0.2, 0.25) is 0 Å². The first kappa shape index (κ1) is 24.5. The normalized spacial score (nSPS) is 14.4. The van der Waals surface area contributed by atoms with E-state index in [2.05, 4.69) is 58.4 Å². The molecular formula is C31H29FN4OS. The molecule has 7 heteroatoms. The van der Waals surface area contributed by atoms with Crippen molar-refractivity contribution in [2.24, 2.45) is 0 Å². The highest BCUT2D eigenvalue weighted by atomic mass is 32.1. The van der Waals surface area contributed by atoms with Gasteiger partial charge in [0.2, 0.25) is 5.91 Å². The summed E-state index contributed by atoms with van der Waals surface area (Å²) in [6, 6.07) is 28.1. The molecule has 6 rings (SSSR count). The second kappa shape index (κ2) is 10.9. The Balaban J connectivity index is 1.10. The fourth-order valence-corrected chi connectivity index (χ4v) is 6.22. The second-order valence-electron chi connectivity index (χ2n) is 9.63. The molecule has 0 bridgehead atoms. The Morgan fingerprint density at radius 3 is 2.16 bits per heavy atom. The van der Waals surface area contributed by atoms with Crippen LogP contribution in [0.25, 0.3) is 16.2 Å². The molecule has 0 aliphatic carbocycles.